The molecule has 1 aromatic rings. The summed E-state index contributed by atoms with van der Waals surface area (Å²) in [6.07, 6.45) is 2.02. The molecule has 0 radical (unpaired) electrons. The molecule has 1 atom stereocenters. The van der Waals surface area contributed by atoms with E-state index in [1.807, 2.05) is 6.07 Å². The third-order valence-electron chi connectivity index (χ3n) is 3.53. The third-order valence-corrected chi connectivity index (χ3v) is 5.66. The Morgan fingerprint density at radius 2 is 2.25 bits per heavy atom. The molecule has 4 nitrogen and oxygen atoms in total. The van der Waals surface area contributed by atoms with E-state index in [1.165, 1.54) is 4.31 Å². The first kappa shape index (κ1) is 15.8. The minimum absolute atomic E-state index is 0.278. The van der Waals surface area contributed by atoms with Crippen LogP contribution in [-0.2, 0) is 20.6 Å². The smallest absolute Gasteiger partial charge is 0.242 e. The number of hydrogen-bond acceptors (Lipinski definition) is 3. The van der Waals surface area contributed by atoms with Crippen molar-refractivity contribution in [2.45, 2.75) is 23.6 Å². The van der Waals surface area contributed by atoms with Gasteiger partial charge < -0.3 is 4.74 Å². The topological polar surface area (TPSA) is 46.6 Å². The molecule has 1 aromatic carbocycles. The number of nitrogens with zero attached hydrogens (tertiary/aromatic N) is 1. The van der Waals surface area contributed by atoms with Gasteiger partial charge in [0, 0.05) is 26.1 Å². The molecule has 2 rings (SSSR count). The highest BCUT2D eigenvalue weighted by molar-refractivity contribution is 7.89. The lowest BCUT2D eigenvalue weighted by Gasteiger charge is -2.26. The predicted octanol–water partition coefficient (Wildman–Crippen LogP) is 2.47. The molecule has 1 fully saturated rings. The molecule has 1 aliphatic rings. The lowest BCUT2D eigenvalue weighted by molar-refractivity contribution is 0.0495. The molecule has 1 heterocycles. The molecular formula is C14H20ClNO3S. The zero-order valence-corrected chi connectivity index (χ0v) is 13.2. The molecule has 1 saturated heterocycles. The molecule has 0 N–H and O–H groups in total. The average molecular weight is 318 g/mol. The van der Waals surface area contributed by atoms with Gasteiger partial charge >= 0.3 is 0 Å². The van der Waals surface area contributed by atoms with Crippen molar-refractivity contribution in [1.82, 2.24) is 4.31 Å². The Bertz CT molecular complexity index is 541. The Balaban J connectivity index is 2.11. The Hall–Kier alpha value is -0.620. The van der Waals surface area contributed by atoms with Crippen LogP contribution < -0.4 is 0 Å². The van der Waals surface area contributed by atoms with Gasteiger partial charge in [-0.15, -0.1) is 11.6 Å². The van der Waals surface area contributed by atoms with Crippen molar-refractivity contribution in [3.8, 4) is 0 Å². The van der Waals surface area contributed by atoms with Gasteiger partial charge in [-0.25, -0.2) is 12.7 Å². The molecule has 112 valence electrons. The summed E-state index contributed by atoms with van der Waals surface area (Å²) in [6.45, 7) is 1.92. The molecule has 0 bridgehead atoms. The lowest BCUT2D eigenvalue weighted by Crippen LogP contribution is -2.35. The second-order valence-corrected chi connectivity index (χ2v) is 7.46. The summed E-state index contributed by atoms with van der Waals surface area (Å²) in [5.74, 6) is 0.587. The second kappa shape index (κ2) is 6.89. The van der Waals surface area contributed by atoms with Crippen molar-refractivity contribution in [3.63, 3.8) is 0 Å². The van der Waals surface area contributed by atoms with Crippen LogP contribution >= 0.6 is 11.6 Å². The summed E-state index contributed by atoms with van der Waals surface area (Å²) in [6, 6.07) is 6.79. The Kier molecular flexibility index (Phi) is 5.43. The number of benzene rings is 1. The van der Waals surface area contributed by atoms with Crippen molar-refractivity contribution in [1.29, 1.82) is 0 Å². The number of ether oxygens (including phenoxy) is 1. The number of hydrogen-bond donors (Lipinski definition) is 0. The molecule has 0 saturated carbocycles. The minimum Gasteiger partial charge on any atom is -0.381 e. The Morgan fingerprint density at radius 3 is 2.90 bits per heavy atom. The van der Waals surface area contributed by atoms with Gasteiger partial charge in [0.25, 0.3) is 0 Å². The fourth-order valence-corrected chi connectivity index (χ4v) is 3.87. The zero-order chi connectivity index (χ0) is 14.6. The predicted molar refractivity (Wildman–Crippen MR) is 79.4 cm³/mol. The van der Waals surface area contributed by atoms with Gasteiger partial charge in [0.2, 0.25) is 10.0 Å². The quantitative estimate of drug-likeness (QED) is 0.784. The van der Waals surface area contributed by atoms with E-state index in [1.54, 1.807) is 25.2 Å². The van der Waals surface area contributed by atoms with Gasteiger partial charge in [-0.2, -0.15) is 0 Å². The summed E-state index contributed by atoms with van der Waals surface area (Å²) >= 11 is 5.76. The van der Waals surface area contributed by atoms with E-state index in [0.717, 1.165) is 25.0 Å². The van der Waals surface area contributed by atoms with Crippen LogP contribution in [0.15, 0.2) is 29.2 Å². The van der Waals surface area contributed by atoms with Crippen molar-refractivity contribution in [2.75, 3.05) is 26.8 Å². The van der Waals surface area contributed by atoms with E-state index in [-0.39, 0.29) is 5.92 Å². The largest absolute Gasteiger partial charge is 0.381 e. The summed E-state index contributed by atoms with van der Waals surface area (Å²) in [5.41, 5.74) is 0.808. The number of halogens is 1. The standard InChI is InChI=1S/C14H20ClNO3S/c1-16(10-13-5-3-7-19-11-13)20(17,18)14-6-2-4-12(8-14)9-15/h2,4,6,8,13H,3,5,7,9-11H2,1H3. The summed E-state index contributed by atoms with van der Waals surface area (Å²) in [4.78, 5) is 0.301. The van der Waals surface area contributed by atoms with E-state index in [2.05, 4.69) is 0 Å². The summed E-state index contributed by atoms with van der Waals surface area (Å²) in [5, 5.41) is 0. The average Bonchev–Trinajstić information content (AvgIpc) is 2.48. The van der Waals surface area contributed by atoms with Crippen molar-refractivity contribution in [2.24, 2.45) is 5.92 Å². The van der Waals surface area contributed by atoms with E-state index in [4.69, 9.17) is 16.3 Å². The second-order valence-electron chi connectivity index (χ2n) is 5.15. The fourth-order valence-electron chi connectivity index (χ4n) is 2.38. The lowest BCUT2D eigenvalue weighted by atomic mass is 10.0. The highest BCUT2D eigenvalue weighted by Gasteiger charge is 2.25. The normalized spacial score (nSPS) is 20.2. The first-order chi connectivity index (χ1) is 9.54. The van der Waals surface area contributed by atoms with Gasteiger partial charge in [-0.1, -0.05) is 12.1 Å². The Labute approximate surface area is 125 Å². The molecule has 1 aliphatic heterocycles. The van der Waals surface area contributed by atoms with Crippen LogP contribution in [0.4, 0.5) is 0 Å². The van der Waals surface area contributed by atoms with Crippen LogP contribution in [0, 0.1) is 5.92 Å². The maximum atomic E-state index is 12.5. The van der Waals surface area contributed by atoms with Gasteiger partial charge in [0.1, 0.15) is 0 Å². The number of sulfonamides is 1. The highest BCUT2D eigenvalue weighted by Crippen LogP contribution is 2.20. The van der Waals surface area contributed by atoms with E-state index in [9.17, 15) is 8.42 Å². The molecule has 20 heavy (non-hydrogen) atoms. The monoisotopic (exact) mass is 317 g/mol. The zero-order valence-electron chi connectivity index (χ0n) is 11.6. The van der Waals surface area contributed by atoms with Crippen LogP contribution in [0.2, 0.25) is 0 Å². The van der Waals surface area contributed by atoms with Crippen LogP contribution in [-0.4, -0.2) is 39.5 Å². The van der Waals surface area contributed by atoms with Gasteiger partial charge in [0.15, 0.2) is 0 Å². The molecular weight excluding hydrogens is 298 g/mol. The minimum atomic E-state index is -3.45. The number of rotatable bonds is 5. The summed E-state index contributed by atoms with van der Waals surface area (Å²) < 4.78 is 31.8. The van der Waals surface area contributed by atoms with Crippen molar-refractivity contribution in [3.05, 3.63) is 29.8 Å². The van der Waals surface area contributed by atoms with Gasteiger partial charge in [-0.05, 0) is 36.5 Å². The van der Waals surface area contributed by atoms with Crippen LogP contribution in [0.5, 0.6) is 0 Å². The number of alkyl halides is 1. The maximum absolute atomic E-state index is 12.5. The summed E-state index contributed by atoms with van der Waals surface area (Å²) in [7, 11) is -1.83. The Morgan fingerprint density at radius 1 is 1.45 bits per heavy atom. The van der Waals surface area contributed by atoms with Crippen molar-refractivity contribution < 1.29 is 13.2 Å². The van der Waals surface area contributed by atoms with Crippen molar-refractivity contribution >= 4 is 21.6 Å². The molecule has 0 aromatic heterocycles. The SMILES string of the molecule is CN(CC1CCCOC1)S(=O)(=O)c1cccc(CCl)c1. The van der Waals surface area contributed by atoms with Gasteiger partial charge in [0.05, 0.1) is 11.5 Å². The van der Waals surface area contributed by atoms with Crippen LogP contribution in [0.1, 0.15) is 18.4 Å². The molecule has 1 unspecified atom stereocenters. The first-order valence-electron chi connectivity index (χ1n) is 6.73. The van der Waals surface area contributed by atoms with Gasteiger partial charge in [-0.3, -0.25) is 0 Å². The molecule has 0 amide bonds. The highest BCUT2D eigenvalue weighted by atomic mass is 35.5. The molecule has 6 heteroatoms. The molecule has 0 aliphatic carbocycles. The van der Waals surface area contributed by atoms with E-state index < -0.39 is 10.0 Å². The third kappa shape index (κ3) is 3.73. The van der Waals surface area contributed by atoms with Crippen LogP contribution in [0.25, 0.3) is 0 Å². The maximum Gasteiger partial charge on any atom is 0.242 e. The first-order valence-corrected chi connectivity index (χ1v) is 8.70. The fraction of sp³-hybridized carbons (Fsp3) is 0.571. The molecule has 0 spiro atoms. The van der Waals surface area contributed by atoms with E-state index >= 15 is 0 Å². The van der Waals surface area contributed by atoms with Crippen LogP contribution in [0.3, 0.4) is 0 Å². The van der Waals surface area contributed by atoms with E-state index in [0.29, 0.717) is 23.9 Å².